The second-order valence-electron chi connectivity index (χ2n) is 5.31. The fraction of sp³-hybridized carbons (Fsp3) is 0.105. The fourth-order valence-electron chi connectivity index (χ4n) is 2.36. The summed E-state index contributed by atoms with van der Waals surface area (Å²) in [5.41, 5.74) is 2.22. The fourth-order valence-corrected chi connectivity index (χ4v) is 2.59. The maximum atomic E-state index is 12.5. The number of rotatable bonds is 5. The van der Waals surface area contributed by atoms with Crippen LogP contribution in [-0.4, -0.2) is 30.3 Å². The van der Waals surface area contributed by atoms with Crippen molar-refractivity contribution in [1.29, 1.82) is 0 Å². The quantitative estimate of drug-likeness (QED) is 0.734. The molecule has 0 aliphatic rings. The third-order valence-electron chi connectivity index (χ3n) is 3.69. The summed E-state index contributed by atoms with van der Waals surface area (Å²) in [6, 6.07) is 16.1. The predicted molar refractivity (Wildman–Crippen MR) is 100.0 cm³/mol. The summed E-state index contributed by atoms with van der Waals surface area (Å²) < 4.78 is 10.4. The Labute approximate surface area is 155 Å². The number of amides is 1. The number of hydrogen-bond acceptors (Lipinski definition) is 5. The third kappa shape index (κ3) is 3.75. The summed E-state index contributed by atoms with van der Waals surface area (Å²) in [5, 5.41) is 11.2. The van der Waals surface area contributed by atoms with E-state index in [1.165, 1.54) is 14.2 Å². The molecule has 0 saturated heterocycles. The van der Waals surface area contributed by atoms with Gasteiger partial charge in [-0.1, -0.05) is 41.9 Å². The average Bonchev–Trinajstić information content (AvgIpc) is 2.69. The van der Waals surface area contributed by atoms with Gasteiger partial charge in [-0.05, 0) is 12.1 Å². The molecule has 1 N–H and O–H groups in total. The average molecular weight is 370 g/mol. The third-order valence-corrected chi connectivity index (χ3v) is 3.98. The largest absolute Gasteiger partial charge is 0.495 e. The molecule has 3 rings (SSSR count). The molecule has 0 unspecified atom stereocenters. The number of ether oxygens (including phenoxy) is 2. The molecule has 3 aromatic rings. The van der Waals surface area contributed by atoms with Crippen molar-refractivity contribution in [2.24, 2.45) is 0 Å². The van der Waals surface area contributed by atoms with Crippen molar-refractivity contribution in [3.63, 3.8) is 0 Å². The first-order valence-electron chi connectivity index (χ1n) is 7.74. The molecule has 0 atom stereocenters. The number of aromatic nitrogens is 2. The Balaban J connectivity index is 1.82. The van der Waals surface area contributed by atoms with Gasteiger partial charge in [0.2, 0.25) is 0 Å². The van der Waals surface area contributed by atoms with Crippen LogP contribution >= 0.6 is 11.6 Å². The maximum Gasteiger partial charge on any atom is 0.276 e. The van der Waals surface area contributed by atoms with Crippen molar-refractivity contribution in [3.05, 3.63) is 65.3 Å². The molecule has 0 aliphatic heterocycles. The smallest absolute Gasteiger partial charge is 0.276 e. The number of nitrogens with zero attached hydrogens (tertiary/aromatic N) is 2. The summed E-state index contributed by atoms with van der Waals surface area (Å²) in [6.07, 6.45) is 0. The zero-order valence-corrected chi connectivity index (χ0v) is 14.9. The van der Waals surface area contributed by atoms with Crippen molar-refractivity contribution in [2.75, 3.05) is 19.5 Å². The van der Waals surface area contributed by atoms with Crippen LogP contribution in [0.4, 0.5) is 5.69 Å². The highest BCUT2D eigenvalue weighted by Crippen LogP contribution is 2.36. The van der Waals surface area contributed by atoms with E-state index in [1.807, 2.05) is 30.3 Å². The van der Waals surface area contributed by atoms with Crippen LogP contribution in [0.1, 0.15) is 10.5 Å². The number of carbonyl (C=O) groups is 1. The van der Waals surface area contributed by atoms with Crippen LogP contribution in [0.25, 0.3) is 11.3 Å². The molecule has 1 amide bonds. The van der Waals surface area contributed by atoms with Crippen LogP contribution in [0.5, 0.6) is 11.5 Å². The molecule has 2 aromatic carbocycles. The van der Waals surface area contributed by atoms with Gasteiger partial charge in [-0.2, -0.15) is 0 Å². The minimum Gasteiger partial charge on any atom is -0.495 e. The highest BCUT2D eigenvalue weighted by Gasteiger charge is 2.15. The lowest BCUT2D eigenvalue weighted by Crippen LogP contribution is -2.15. The first-order valence-corrected chi connectivity index (χ1v) is 8.12. The first kappa shape index (κ1) is 17.7. The Morgan fingerprint density at radius 3 is 2.31 bits per heavy atom. The number of hydrogen-bond donors (Lipinski definition) is 1. The molecule has 0 spiro atoms. The van der Waals surface area contributed by atoms with Gasteiger partial charge in [0.05, 0.1) is 30.6 Å². The van der Waals surface area contributed by atoms with Crippen molar-refractivity contribution < 1.29 is 14.3 Å². The van der Waals surface area contributed by atoms with Gasteiger partial charge >= 0.3 is 0 Å². The Bertz CT molecular complexity index is 915. The molecular weight excluding hydrogens is 354 g/mol. The van der Waals surface area contributed by atoms with Gasteiger partial charge in [-0.15, -0.1) is 10.2 Å². The minimum atomic E-state index is -0.417. The first-order chi connectivity index (χ1) is 12.6. The minimum absolute atomic E-state index is 0.181. The van der Waals surface area contributed by atoms with Gasteiger partial charge in [-0.3, -0.25) is 4.79 Å². The van der Waals surface area contributed by atoms with Crippen molar-refractivity contribution in [2.45, 2.75) is 0 Å². The second-order valence-corrected chi connectivity index (χ2v) is 5.72. The Kier molecular flexibility index (Phi) is 5.34. The van der Waals surface area contributed by atoms with Gasteiger partial charge in [0.15, 0.2) is 5.69 Å². The number of anilines is 1. The number of carbonyl (C=O) groups excluding carboxylic acids is 1. The lowest BCUT2D eigenvalue weighted by molar-refractivity contribution is 0.102. The van der Waals surface area contributed by atoms with E-state index in [2.05, 4.69) is 15.5 Å². The van der Waals surface area contributed by atoms with Crippen LogP contribution in [-0.2, 0) is 0 Å². The van der Waals surface area contributed by atoms with E-state index in [4.69, 9.17) is 21.1 Å². The van der Waals surface area contributed by atoms with E-state index in [0.29, 0.717) is 27.9 Å². The molecule has 1 heterocycles. The van der Waals surface area contributed by atoms with Crippen LogP contribution in [0.15, 0.2) is 54.6 Å². The lowest BCUT2D eigenvalue weighted by Gasteiger charge is -2.13. The topological polar surface area (TPSA) is 73.3 Å². The molecule has 132 valence electrons. The molecule has 0 fully saturated rings. The second kappa shape index (κ2) is 7.84. The van der Waals surface area contributed by atoms with Gasteiger partial charge in [0.25, 0.3) is 5.91 Å². The predicted octanol–water partition coefficient (Wildman–Crippen LogP) is 4.07. The maximum absolute atomic E-state index is 12.5. The summed E-state index contributed by atoms with van der Waals surface area (Å²) in [5.74, 6) is 0.422. The zero-order valence-electron chi connectivity index (χ0n) is 14.2. The van der Waals surface area contributed by atoms with Crippen molar-refractivity contribution in [1.82, 2.24) is 10.2 Å². The van der Waals surface area contributed by atoms with Crippen molar-refractivity contribution in [3.8, 4) is 22.8 Å². The molecule has 0 saturated carbocycles. The van der Waals surface area contributed by atoms with Gasteiger partial charge < -0.3 is 14.8 Å². The highest BCUT2D eigenvalue weighted by atomic mass is 35.5. The normalized spacial score (nSPS) is 10.3. The summed E-state index contributed by atoms with van der Waals surface area (Å²) >= 11 is 6.07. The van der Waals surface area contributed by atoms with E-state index in [0.717, 1.165) is 5.56 Å². The monoisotopic (exact) mass is 369 g/mol. The van der Waals surface area contributed by atoms with E-state index < -0.39 is 5.91 Å². The Morgan fingerprint density at radius 1 is 0.962 bits per heavy atom. The molecule has 0 radical (unpaired) electrons. The number of methoxy groups -OCH3 is 2. The van der Waals surface area contributed by atoms with Gasteiger partial charge in [-0.25, -0.2) is 0 Å². The molecule has 7 heteroatoms. The zero-order chi connectivity index (χ0) is 18.5. The number of halogens is 1. The van der Waals surface area contributed by atoms with Crippen LogP contribution in [0.2, 0.25) is 5.02 Å². The van der Waals surface area contributed by atoms with E-state index in [1.54, 1.807) is 24.3 Å². The van der Waals surface area contributed by atoms with Crippen LogP contribution in [0.3, 0.4) is 0 Å². The molecule has 0 aliphatic carbocycles. The highest BCUT2D eigenvalue weighted by molar-refractivity contribution is 6.32. The summed E-state index contributed by atoms with van der Waals surface area (Å²) in [6.45, 7) is 0. The van der Waals surface area contributed by atoms with E-state index in [9.17, 15) is 4.79 Å². The molecule has 26 heavy (non-hydrogen) atoms. The van der Waals surface area contributed by atoms with E-state index in [-0.39, 0.29) is 5.69 Å². The van der Waals surface area contributed by atoms with Crippen LogP contribution in [0, 0.1) is 0 Å². The molecule has 6 nitrogen and oxygen atoms in total. The number of benzene rings is 2. The molecule has 1 aromatic heterocycles. The van der Waals surface area contributed by atoms with E-state index >= 15 is 0 Å². The molecular formula is C19H16ClN3O3. The van der Waals surface area contributed by atoms with Gasteiger partial charge in [0, 0.05) is 17.7 Å². The molecule has 0 bridgehead atoms. The lowest BCUT2D eigenvalue weighted by atomic mass is 10.1. The summed E-state index contributed by atoms with van der Waals surface area (Å²) in [7, 11) is 2.98. The Morgan fingerprint density at radius 2 is 1.69 bits per heavy atom. The van der Waals surface area contributed by atoms with Crippen LogP contribution < -0.4 is 14.8 Å². The van der Waals surface area contributed by atoms with Crippen molar-refractivity contribution >= 4 is 23.2 Å². The SMILES string of the molecule is COc1cc(NC(=O)c2ccc(-c3ccccc3)nn2)c(OC)cc1Cl. The van der Waals surface area contributed by atoms with Gasteiger partial charge in [0.1, 0.15) is 11.5 Å². The summed E-state index contributed by atoms with van der Waals surface area (Å²) in [4.78, 5) is 12.5. The number of nitrogens with one attached hydrogen (secondary N) is 1. The standard InChI is InChI=1S/C19H16ClN3O3/c1-25-17-11-16(18(26-2)10-13(17)20)21-19(24)15-9-8-14(22-23-15)12-6-4-3-5-7-12/h3-11H,1-2H3,(H,21,24). The Hall–Kier alpha value is -3.12.